The highest BCUT2D eigenvalue weighted by Crippen LogP contribution is 2.24. The van der Waals surface area contributed by atoms with Crippen molar-refractivity contribution in [1.82, 2.24) is 10.3 Å². The van der Waals surface area contributed by atoms with E-state index in [-0.39, 0.29) is 17.9 Å². The third kappa shape index (κ3) is 6.74. The third-order valence-electron chi connectivity index (χ3n) is 4.27. The normalized spacial score (nSPS) is 11.4. The van der Waals surface area contributed by atoms with Crippen LogP contribution in [0.1, 0.15) is 63.4 Å². The molecule has 1 heterocycles. The van der Waals surface area contributed by atoms with Crippen molar-refractivity contribution >= 4 is 5.91 Å². The van der Waals surface area contributed by atoms with Gasteiger partial charge in [-0.15, -0.1) is 0 Å². The van der Waals surface area contributed by atoms with Gasteiger partial charge in [0.2, 0.25) is 0 Å². The lowest BCUT2D eigenvalue weighted by molar-refractivity contribution is -0.123. The average Bonchev–Trinajstić information content (AvgIpc) is 3.00. The predicted molar refractivity (Wildman–Crippen MR) is 107 cm³/mol. The van der Waals surface area contributed by atoms with Crippen LogP contribution >= 0.6 is 0 Å². The Bertz CT molecular complexity index is 727. The second-order valence-corrected chi connectivity index (χ2v) is 7.91. The Balaban J connectivity index is 1.68. The molecule has 1 amide bonds. The minimum Gasteiger partial charge on any atom is -0.484 e. The minimum atomic E-state index is -0.114. The molecule has 0 fully saturated rings. The first-order chi connectivity index (χ1) is 12.8. The van der Waals surface area contributed by atoms with Crippen LogP contribution in [0.5, 0.6) is 5.75 Å². The molecule has 5 heteroatoms. The molecule has 27 heavy (non-hydrogen) atoms. The van der Waals surface area contributed by atoms with Gasteiger partial charge in [-0.25, -0.2) is 4.98 Å². The van der Waals surface area contributed by atoms with Gasteiger partial charge in [-0.3, -0.25) is 4.79 Å². The minimum absolute atomic E-state index is 0.0304. The van der Waals surface area contributed by atoms with E-state index in [2.05, 4.69) is 38.0 Å². The molecule has 1 N–H and O–H groups in total. The molecule has 0 saturated carbocycles. The van der Waals surface area contributed by atoms with Crippen molar-refractivity contribution in [2.75, 3.05) is 13.2 Å². The molecule has 0 unspecified atom stereocenters. The number of amides is 1. The summed E-state index contributed by atoms with van der Waals surface area (Å²) in [5, 5.41) is 2.89. The second-order valence-electron chi connectivity index (χ2n) is 7.91. The van der Waals surface area contributed by atoms with Crippen molar-refractivity contribution in [2.24, 2.45) is 0 Å². The van der Waals surface area contributed by atoms with E-state index in [9.17, 15) is 4.79 Å². The Morgan fingerprint density at radius 2 is 1.89 bits per heavy atom. The highest BCUT2D eigenvalue weighted by atomic mass is 16.5. The molecule has 0 bridgehead atoms. The molecular formula is C22H32N2O3. The molecule has 1 aromatic heterocycles. The van der Waals surface area contributed by atoms with Crippen molar-refractivity contribution in [3.8, 4) is 5.75 Å². The summed E-state index contributed by atoms with van der Waals surface area (Å²) in [5.74, 6) is 2.27. The first-order valence-electron chi connectivity index (χ1n) is 9.75. The Kier molecular flexibility index (Phi) is 7.45. The molecule has 0 atom stereocenters. The number of rotatable bonds is 9. The maximum atomic E-state index is 11.9. The van der Waals surface area contributed by atoms with Crippen LogP contribution in [-0.4, -0.2) is 24.0 Å². The molecule has 0 saturated heterocycles. The zero-order chi connectivity index (χ0) is 19.9. The monoisotopic (exact) mass is 372 g/mol. The first-order valence-corrected chi connectivity index (χ1v) is 9.75. The average molecular weight is 373 g/mol. The van der Waals surface area contributed by atoms with Gasteiger partial charge < -0.3 is 14.5 Å². The predicted octanol–water partition coefficient (Wildman–Crippen LogP) is 4.36. The SMILES string of the molecule is CCCc1ccc(OCC(=O)NCCCc2oc(C(C)(C)C)nc2C)cc1. The summed E-state index contributed by atoms with van der Waals surface area (Å²) >= 11 is 0. The smallest absolute Gasteiger partial charge is 0.257 e. The van der Waals surface area contributed by atoms with Crippen LogP contribution in [0, 0.1) is 6.92 Å². The van der Waals surface area contributed by atoms with Gasteiger partial charge in [-0.05, 0) is 37.5 Å². The van der Waals surface area contributed by atoms with E-state index in [0.717, 1.165) is 48.8 Å². The maximum Gasteiger partial charge on any atom is 0.257 e. The second kappa shape index (κ2) is 9.58. The molecule has 0 aliphatic heterocycles. The van der Waals surface area contributed by atoms with Crippen LogP contribution in [0.25, 0.3) is 0 Å². The summed E-state index contributed by atoms with van der Waals surface area (Å²) in [6, 6.07) is 7.92. The molecule has 5 nitrogen and oxygen atoms in total. The van der Waals surface area contributed by atoms with E-state index in [4.69, 9.17) is 9.15 Å². The molecule has 0 radical (unpaired) electrons. The van der Waals surface area contributed by atoms with E-state index >= 15 is 0 Å². The van der Waals surface area contributed by atoms with Crippen LogP contribution < -0.4 is 10.1 Å². The number of ether oxygens (including phenoxy) is 1. The van der Waals surface area contributed by atoms with Gasteiger partial charge in [0, 0.05) is 18.4 Å². The first kappa shape index (κ1) is 21.0. The van der Waals surface area contributed by atoms with Gasteiger partial charge in [0.15, 0.2) is 12.5 Å². The summed E-state index contributed by atoms with van der Waals surface area (Å²) in [6.07, 6.45) is 3.74. The van der Waals surface area contributed by atoms with Crippen LogP contribution in [0.4, 0.5) is 0 Å². The largest absolute Gasteiger partial charge is 0.484 e. The highest BCUT2D eigenvalue weighted by Gasteiger charge is 2.22. The van der Waals surface area contributed by atoms with E-state index in [1.807, 2.05) is 31.2 Å². The van der Waals surface area contributed by atoms with Crippen molar-refractivity contribution in [3.05, 3.63) is 47.2 Å². The molecular weight excluding hydrogens is 340 g/mol. The highest BCUT2D eigenvalue weighted by molar-refractivity contribution is 5.77. The zero-order valence-electron chi connectivity index (χ0n) is 17.2. The molecule has 148 valence electrons. The fourth-order valence-corrected chi connectivity index (χ4v) is 2.70. The van der Waals surface area contributed by atoms with Crippen LogP contribution in [0.15, 0.2) is 28.7 Å². The summed E-state index contributed by atoms with van der Waals surface area (Å²) < 4.78 is 11.4. The van der Waals surface area contributed by atoms with Gasteiger partial charge >= 0.3 is 0 Å². The number of nitrogens with zero attached hydrogens (tertiary/aromatic N) is 1. The molecule has 2 aromatic rings. The Morgan fingerprint density at radius 3 is 2.48 bits per heavy atom. The van der Waals surface area contributed by atoms with Crippen LogP contribution in [0.2, 0.25) is 0 Å². The van der Waals surface area contributed by atoms with E-state index in [0.29, 0.717) is 6.54 Å². The van der Waals surface area contributed by atoms with Gasteiger partial charge in [0.05, 0.1) is 5.69 Å². The lowest BCUT2D eigenvalue weighted by Crippen LogP contribution is -2.29. The molecule has 0 spiro atoms. The fraction of sp³-hybridized carbons (Fsp3) is 0.545. The molecule has 0 aliphatic carbocycles. The van der Waals surface area contributed by atoms with Gasteiger partial charge in [-0.2, -0.15) is 0 Å². The van der Waals surface area contributed by atoms with E-state index < -0.39 is 0 Å². The number of carbonyl (C=O) groups excluding carboxylic acids is 1. The van der Waals surface area contributed by atoms with Gasteiger partial charge in [0.1, 0.15) is 11.5 Å². The quantitative estimate of drug-likeness (QED) is 0.664. The van der Waals surface area contributed by atoms with Crippen LogP contribution in [-0.2, 0) is 23.1 Å². The van der Waals surface area contributed by atoms with Crippen LogP contribution in [0.3, 0.4) is 0 Å². The molecule has 0 aliphatic rings. The topological polar surface area (TPSA) is 64.4 Å². The van der Waals surface area contributed by atoms with Crippen molar-refractivity contribution < 1.29 is 13.9 Å². The number of aromatic nitrogens is 1. The number of oxazole rings is 1. The standard InChI is InChI=1S/C22H32N2O3/c1-6-8-17-10-12-18(13-11-17)26-15-20(25)23-14-7-9-19-16(2)24-21(27-19)22(3,4)5/h10-13H,6-9,14-15H2,1-5H3,(H,23,25). The van der Waals surface area contributed by atoms with Crippen molar-refractivity contribution in [2.45, 2.75) is 65.7 Å². The summed E-state index contributed by atoms with van der Waals surface area (Å²) in [5.41, 5.74) is 2.12. The summed E-state index contributed by atoms with van der Waals surface area (Å²) in [4.78, 5) is 16.4. The van der Waals surface area contributed by atoms with Gasteiger partial charge in [0.25, 0.3) is 5.91 Å². The van der Waals surface area contributed by atoms with E-state index in [1.165, 1.54) is 5.56 Å². The Morgan fingerprint density at radius 1 is 1.19 bits per heavy atom. The number of benzene rings is 1. The summed E-state index contributed by atoms with van der Waals surface area (Å²) in [7, 11) is 0. The lowest BCUT2D eigenvalue weighted by atomic mass is 9.97. The number of carbonyl (C=O) groups is 1. The van der Waals surface area contributed by atoms with Gasteiger partial charge in [-0.1, -0.05) is 46.2 Å². The van der Waals surface area contributed by atoms with E-state index in [1.54, 1.807) is 0 Å². The van der Waals surface area contributed by atoms with Crippen molar-refractivity contribution in [1.29, 1.82) is 0 Å². The number of aryl methyl sites for hydroxylation is 3. The lowest BCUT2D eigenvalue weighted by Gasteiger charge is -2.12. The zero-order valence-corrected chi connectivity index (χ0v) is 17.2. The summed E-state index contributed by atoms with van der Waals surface area (Å²) in [6.45, 7) is 11.0. The number of nitrogens with one attached hydrogen (secondary N) is 1. The molecule has 2 rings (SSSR count). The maximum absolute atomic E-state index is 11.9. The third-order valence-corrected chi connectivity index (χ3v) is 4.27. The Hall–Kier alpha value is -2.30. The molecule has 1 aromatic carbocycles. The number of hydrogen-bond donors (Lipinski definition) is 1. The fourth-order valence-electron chi connectivity index (χ4n) is 2.70. The number of hydrogen-bond acceptors (Lipinski definition) is 4. The Labute approximate surface area is 162 Å². The van der Waals surface area contributed by atoms with Crippen molar-refractivity contribution in [3.63, 3.8) is 0 Å².